The largest absolute Gasteiger partial charge is 0.501 e. The second-order valence-corrected chi connectivity index (χ2v) is 7.72. The summed E-state index contributed by atoms with van der Waals surface area (Å²) in [6.45, 7) is 2.18. The smallest absolute Gasteiger partial charge is 0.322 e. The van der Waals surface area contributed by atoms with Gasteiger partial charge in [-0.3, -0.25) is 4.79 Å². The first-order valence-corrected chi connectivity index (χ1v) is 9.71. The molecule has 1 fully saturated rings. The van der Waals surface area contributed by atoms with Crippen molar-refractivity contribution >= 4 is 16.9 Å². The molecule has 136 valence electrons. The number of allylic oxidation sites excluding steroid dienone is 1. The molecule has 2 aliphatic carbocycles. The van der Waals surface area contributed by atoms with Gasteiger partial charge in [-0.15, -0.1) is 0 Å². The first kappa shape index (κ1) is 16.0. The van der Waals surface area contributed by atoms with Gasteiger partial charge in [0.15, 0.2) is 11.9 Å². The van der Waals surface area contributed by atoms with Crippen LogP contribution in [-0.2, 0) is 19.7 Å². The molecule has 1 aromatic carbocycles. The van der Waals surface area contributed by atoms with Crippen LogP contribution in [0.15, 0.2) is 40.0 Å². The monoisotopic (exact) mass is 352 g/mol. The standard InChI is InChI=1S/C22H24O4/c1-3-4-8-15-17(24-2)11-10-13-12-18-20-19(22(13,15)21(23)26-18)14-7-5-6-9-16(14)25-20/h5-7,9,13,18H,3-4,8,10-12H2,1-2H3/t13-,18-,22-/m1/s1. The zero-order valence-corrected chi connectivity index (χ0v) is 15.3. The molecule has 4 heteroatoms. The van der Waals surface area contributed by atoms with E-state index in [0.717, 1.165) is 72.2 Å². The number of esters is 1. The van der Waals surface area contributed by atoms with Crippen LogP contribution in [0.4, 0.5) is 0 Å². The van der Waals surface area contributed by atoms with E-state index in [1.165, 1.54) is 0 Å². The molecule has 2 aromatic rings. The molecule has 0 unspecified atom stereocenters. The fraction of sp³-hybridized carbons (Fsp3) is 0.500. The lowest BCUT2D eigenvalue weighted by Crippen LogP contribution is -2.56. The second-order valence-electron chi connectivity index (χ2n) is 7.72. The van der Waals surface area contributed by atoms with Crippen LogP contribution in [0.1, 0.15) is 62.9 Å². The third-order valence-corrected chi connectivity index (χ3v) is 6.55. The predicted octanol–water partition coefficient (Wildman–Crippen LogP) is 5.17. The molecule has 3 atom stereocenters. The normalized spacial score (nSPS) is 29.5. The number of carbonyl (C=O) groups is 1. The number of furan rings is 1. The Morgan fingerprint density at radius 2 is 2.15 bits per heavy atom. The summed E-state index contributed by atoms with van der Waals surface area (Å²) in [5, 5.41) is 1.06. The van der Waals surface area contributed by atoms with Crippen molar-refractivity contribution in [1.82, 2.24) is 0 Å². The van der Waals surface area contributed by atoms with Gasteiger partial charge in [0.05, 0.1) is 12.9 Å². The van der Waals surface area contributed by atoms with Crippen molar-refractivity contribution in [1.29, 1.82) is 0 Å². The SMILES string of the molecule is CCCCC1=C(OC)CC[C@@H]2C[C@H]3OC(=O)[C@@]12c1c3oc2ccccc12. The quantitative estimate of drug-likeness (QED) is 0.712. The minimum absolute atomic E-state index is 0.0989. The van der Waals surface area contributed by atoms with Gasteiger partial charge in [-0.1, -0.05) is 31.5 Å². The Kier molecular flexibility index (Phi) is 3.46. The number of ether oxygens (including phenoxy) is 2. The first-order chi connectivity index (χ1) is 12.7. The molecule has 1 aromatic heterocycles. The Labute approximate surface area is 153 Å². The molecule has 2 aliphatic heterocycles. The molecular weight excluding hydrogens is 328 g/mol. The molecule has 3 heterocycles. The van der Waals surface area contributed by atoms with E-state index in [1.54, 1.807) is 7.11 Å². The highest BCUT2D eigenvalue weighted by Crippen LogP contribution is 2.63. The molecule has 1 saturated heterocycles. The molecule has 4 nitrogen and oxygen atoms in total. The van der Waals surface area contributed by atoms with Gasteiger partial charge in [0.25, 0.3) is 0 Å². The molecule has 0 amide bonds. The molecule has 0 radical (unpaired) electrons. The Bertz CT molecular complexity index is 921. The van der Waals surface area contributed by atoms with Crippen LogP contribution in [0.25, 0.3) is 11.0 Å². The van der Waals surface area contributed by atoms with E-state index in [9.17, 15) is 4.79 Å². The Morgan fingerprint density at radius 1 is 1.31 bits per heavy atom. The van der Waals surface area contributed by atoms with Crippen molar-refractivity contribution in [3.63, 3.8) is 0 Å². The van der Waals surface area contributed by atoms with Crippen LogP contribution in [0.2, 0.25) is 0 Å². The zero-order valence-electron chi connectivity index (χ0n) is 15.3. The number of unbranched alkanes of at least 4 members (excludes halogenated alkanes) is 1. The topological polar surface area (TPSA) is 48.7 Å². The molecule has 0 N–H and O–H groups in total. The average molecular weight is 352 g/mol. The third-order valence-electron chi connectivity index (χ3n) is 6.55. The maximum absolute atomic E-state index is 13.4. The van der Waals surface area contributed by atoms with Gasteiger partial charge in [-0.05, 0) is 43.2 Å². The lowest BCUT2D eigenvalue weighted by molar-refractivity contribution is -0.174. The van der Waals surface area contributed by atoms with Gasteiger partial charge in [0.2, 0.25) is 0 Å². The molecule has 26 heavy (non-hydrogen) atoms. The van der Waals surface area contributed by atoms with Gasteiger partial charge in [-0.25, -0.2) is 0 Å². The maximum atomic E-state index is 13.4. The summed E-state index contributed by atoms with van der Waals surface area (Å²) >= 11 is 0. The molecule has 0 saturated carbocycles. The highest BCUT2D eigenvalue weighted by atomic mass is 16.6. The number of carbonyl (C=O) groups excluding carboxylic acids is 1. The lowest BCUT2D eigenvalue weighted by atomic mass is 9.54. The summed E-state index contributed by atoms with van der Waals surface area (Å²) in [5.74, 6) is 2.00. The Morgan fingerprint density at radius 3 is 2.96 bits per heavy atom. The summed E-state index contributed by atoms with van der Waals surface area (Å²) in [4.78, 5) is 13.4. The van der Waals surface area contributed by atoms with Crippen molar-refractivity contribution in [3.05, 3.63) is 46.9 Å². The van der Waals surface area contributed by atoms with E-state index in [2.05, 4.69) is 13.0 Å². The van der Waals surface area contributed by atoms with Crippen molar-refractivity contribution in [3.8, 4) is 0 Å². The van der Waals surface area contributed by atoms with Crippen LogP contribution in [0.3, 0.4) is 0 Å². The number of benzene rings is 1. The van der Waals surface area contributed by atoms with Gasteiger partial charge >= 0.3 is 5.97 Å². The number of methoxy groups -OCH3 is 1. The van der Waals surface area contributed by atoms with Crippen LogP contribution in [0.5, 0.6) is 0 Å². The highest BCUT2D eigenvalue weighted by molar-refractivity contribution is 5.98. The maximum Gasteiger partial charge on any atom is 0.322 e. The van der Waals surface area contributed by atoms with E-state index in [-0.39, 0.29) is 18.0 Å². The van der Waals surface area contributed by atoms with E-state index >= 15 is 0 Å². The molecule has 6 rings (SSSR count). The minimum Gasteiger partial charge on any atom is -0.501 e. The van der Waals surface area contributed by atoms with Crippen LogP contribution >= 0.6 is 0 Å². The lowest BCUT2D eigenvalue weighted by Gasteiger charge is -2.52. The van der Waals surface area contributed by atoms with Gasteiger partial charge < -0.3 is 13.9 Å². The van der Waals surface area contributed by atoms with Crippen molar-refractivity contribution in [2.24, 2.45) is 5.92 Å². The summed E-state index contributed by atoms with van der Waals surface area (Å²) in [6, 6.07) is 8.06. The van der Waals surface area contributed by atoms with Gasteiger partial charge in [0, 0.05) is 17.4 Å². The van der Waals surface area contributed by atoms with E-state index in [0.29, 0.717) is 0 Å². The molecule has 1 spiro atoms. The Hall–Kier alpha value is -2.23. The average Bonchev–Trinajstić information content (AvgIpc) is 3.07. The van der Waals surface area contributed by atoms with E-state index < -0.39 is 5.41 Å². The third kappa shape index (κ3) is 1.82. The number of rotatable bonds is 4. The van der Waals surface area contributed by atoms with Crippen molar-refractivity contribution in [2.75, 3.05) is 7.11 Å². The fourth-order valence-electron chi connectivity index (χ4n) is 5.48. The number of para-hydroxylation sites is 1. The number of fused-ring (bicyclic) bond motifs is 2. The highest BCUT2D eigenvalue weighted by Gasteiger charge is 2.64. The molecular formula is C22H24O4. The van der Waals surface area contributed by atoms with Gasteiger partial charge in [-0.2, -0.15) is 0 Å². The summed E-state index contributed by atoms with van der Waals surface area (Å²) in [6.07, 6.45) is 5.47. The van der Waals surface area contributed by atoms with Gasteiger partial charge in [0.1, 0.15) is 11.0 Å². The number of hydrogen-bond donors (Lipinski definition) is 0. The van der Waals surface area contributed by atoms with E-state index in [1.807, 2.05) is 18.2 Å². The zero-order chi connectivity index (χ0) is 17.9. The number of hydrogen-bond acceptors (Lipinski definition) is 4. The molecule has 2 bridgehead atoms. The minimum atomic E-state index is -0.727. The van der Waals surface area contributed by atoms with Crippen LogP contribution < -0.4 is 0 Å². The summed E-state index contributed by atoms with van der Waals surface area (Å²) < 4.78 is 17.9. The molecule has 4 aliphatic rings. The van der Waals surface area contributed by atoms with Crippen molar-refractivity contribution in [2.45, 2.75) is 57.0 Å². The summed E-state index contributed by atoms with van der Waals surface area (Å²) in [7, 11) is 1.73. The second kappa shape index (κ2) is 5.63. The van der Waals surface area contributed by atoms with E-state index in [4.69, 9.17) is 13.9 Å². The van der Waals surface area contributed by atoms with Crippen LogP contribution in [-0.4, -0.2) is 13.1 Å². The fourth-order valence-corrected chi connectivity index (χ4v) is 5.48. The summed E-state index contributed by atoms with van der Waals surface area (Å²) in [5.41, 5.74) is 2.32. The Balaban J connectivity index is 1.85. The predicted molar refractivity (Wildman–Crippen MR) is 97.6 cm³/mol. The van der Waals surface area contributed by atoms with Crippen molar-refractivity contribution < 1.29 is 18.7 Å². The first-order valence-electron chi connectivity index (χ1n) is 9.71. The van der Waals surface area contributed by atoms with Crippen LogP contribution in [0, 0.1) is 5.92 Å².